The Hall–Kier alpha value is -1.59. The molecule has 2 rings (SSSR count). The summed E-state index contributed by atoms with van der Waals surface area (Å²) >= 11 is 0. The molecule has 0 unspecified atom stereocenters. The second-order valence-corrected chi connectivity index (χ2v) is 7.90. The number of benzene rings is 2. The van der Waals surface area contributed by atoms with Gasteiger partial charge in [0.1, 0.15) is 11.5 Å². The van der Waals surface area contributed by atoms with Crippen molar-refractivity contribution < 1.29 is 9.53 Å². The van der Waals surface area contributed by atoms with Crippen molar-refractivity contribution in [2.45, 2.75) is 19.8 Å². The van der Waals surface area contributed by atoms with Crippen LogP contribution in [0.15, 0.2) is 54.6 Å². The number of hydrogen-bond acceptors (Lipinski definition) is 4. The minimum absolute atomic E-state index is 0.0347. The molecule has 1 amide bonds. The van der Waals surface area contributed by atoms with Crippen molar-refractivity contribution in [1.29, 1.82) is 0 Å². The van der Waals surface area contributed by atoms with Crippen LogP contribution in [0.1, 0.15) is 30.1 Å². The first-order chi connectivity index (χ1) is 11.8. The number of rotatable bonds is 10. The molecule has 0 radical (unpaired) electrons. The third-order valence-electron chi connectivity index (χ3n) is 3.16. The molecule has 0 aliphatic carbocycles. The van der Waals surface area contributed by atoms with Crippen molar-refractivity contribution in [3.05, 3.63) is 60.2 Å². The van der Waals surface area contributed by atoms with E-state index in [1.165, 1.54) is 12.2 Å². The Bertz CT molecular complexity index is 603. The summed E-state index contributed by atoms with van der Waals surface area (Å²) in [6, 6.07) is 16.8. The third-order valence-corrected chi connectivity index (χ3v) is 5.85. The maximum atomic E-state index is 12.1. The van der Waals surface area contributed by atoms with E-state index in [0.29, 0.717) is 12.1 Å². The van der Waals surface area contributed by atoms with Crippen LogP contribution in [-0.4, -0.2) is 24.0 Å². The van der Waals surface area contributed by atoms with Gasteiger partial charge in [0.05, 0.1) is 0 Å². The van der Waals surface area contributed by atoms with E-state index < -0.39 is 0 Å². The van der Waals surface area contributed by atoms with Crippen molar-refractivity contribution >= 4 is 27.5 Å². The lowest BCUT2D eigenvalue weighted by molar-refractivity contribution is 0.0954. The number of carbonyl (C=O) groups excluding carboxylic acids is 1. The van der Waals surface area contributed by atoms with Gasteiger partial charge in [0, 0.05) is 23.6 Å². The zero-order chi connectivity index (χ0) is 17.0. The molecule has 0 saturated heterocycles. The minimum atomic E-state index is -0.0347. The molecule has 2 aromatic carbocycles. The van der Waals surface area contributed by atoms with Crippen molar-refractivity contribution in [1.82, 2.24) is 5.32 Å². The number of amides is 1. The van der Waals surface area contributed by atoms with E-state index in [0.717, 1.165) is 23.7 Å². The topological polar surface area (TPSA) is 38.3 Å². The summed E-state index contributed by atoms with van der Waals surface area (Å²) in [5.74, 6) is 3.73. The van der Waals surface area contributed by atoms with Crippen LogP contribution >= 0.6 is 21.6 Å². The van der Waals surface area contributed by atoms with Gasteiger partial charge in [-0.15, -0.1) is 0 Å². The molecule has 2 aromatic rings. The van der Waals surface area contributed by atoms with E-state index in [-0.39, 0.29) is 5.91 Å². The lowest BCUT2D eigenvalue weighted by Crippen LogP contribution is -2.24. The summed E-state index contributed by atoms with van der Waals surface area (Å²) in [4.78, 5) is 12.1. The van der Waals surface area contributed by atoms with Crippen molar-refractivity contribution in [3.63, 3.8) is 0 Å². The van der Waals surface area contributed by atoms with Crippen LogP contribution < -0.4 is 10.1 Å². The van der Waals surface area contributed by atoms with Crippen LogP contribution in [0.25, 0.3) is 0 Å². The summed E-state index contributed by atoms with van der Waals surface area (Å²) in [7, 11) is 3.78. The fourth-order valence-electron chi connectivity index (χ4n) is 1.94. The highest BCUT2D eigenvalue weighted by atomic mass is 33.1. The van der Waals surface area contributed by atoms with Gasteiger partial charge in [0.2, 0.25) is 0 Å². The zero-order valence-corrected chi connectivity index (χ0v) is 15.5. The minimum Gasteiger partial charge on any atom is -0.457 e. The molecule has 0 saturated carbocycles. The van der Waals surface area contributed by atoms with Crippen molar-refractivity contribution in [3.8, 4) is 11.5 Å². The van der Waals surface area contributed by atoms with Gasteiger partial charge >= 0.3 is 0 Å². The highest BCUT2D eigenvalue weighted by Crippen LogP contribution is 2.22. The molecule has 0 aliphatic heterocycles. The molecular weight excluding hydrogens is 338 g/mol. The van der Waals surface area contributed by atoms with Crippen LogP contribution in [0.4, 0.5) is 0 Å². The molecule has 128 valence electrons. The first-order valence-electron chi connectivity index (χ1n) is 8.15. The van der Waals surface area contributed by atoms with E-state index in [1.54, 1.807) is 12.1 Å². The number of ether oxygens (including phenoxy) is 1. The van der Waals surface area contributed by atoms with Gasteiger partial charge in [-0.2, -0.15) is 0 Å². The Morgan fingerprint density at radius 3 is 2.33 bits per heavy atom. The van der Waals surface area contributed by atoms with Gasteiger partial charge in [-0.1, -0.05) is 46.7 Å². The van der Waals surface area contributed by atoms with Crippen LogP contribution in [0.5, 0.6) is 11.5 Å². The summed E-state index contributed by atoms with van der Waals surface area (Å²) in [6.07, 6.45) is 2.20. The highest BCUT2D eigenvalue weighted by molar-refractivity contribution is 8.76. The average Bonchev–Trinajstić information content (AvgIpc) is 2.62. The fourth-order valence-corrected chi connectivity index (χ4v) is 4.16. The summed E-state index contributed by atoms with van der Waals surface area (Å²) in [6.45, 7) is 2.89. The van der Waals surface area contributed by atoms with E-state index in [1.807, 2.05) is 64.1 Å². The van der Waals surface area contributed by atoms with E-state index in [9.17, 15) is 4.79 Å². The number of nitrogens with one attached hydrogen (secondary N) is 1. The van der Waals surface area contributed by atoms with Gasteiger partial charge in [-0.25, -0.2) is 0 Å². The van der Waals surface area contributed by atoms with Crippen molar-refractivity contribution in [2.24, 2.45) is 0 Å². The molecule has 0 aromatic heterocycles. The van der Waals surface area contributed by atoms with E-state index >= 15 is 0 Å². The molecule has 0 aliphatic rings. The summed E-state index contributed by atoms with van der Waals surface area (Å²) in [5.41, 5.74) is 0.656. The lowest BCUT2D eigenvalue weighted by atomic mass is 10.2. The summed E-state index contributed by atoms with van der Waals surface area (Å²) in [5, 5.41) is 2.96. The second-order valence-electron chi connectivity index (χ2n) is 5.19. The van der Waals surface area contributed by atoms with Crippen LogP contribution in [0.3, 0.4) is 0 Å². The van der Waals surface area contributed by atoms with Gasteiger partial charge < -0.3 is 10.1 Å². The summed E-state index contributed by atoms with van der Waals surface area (Å²) < 4.78 is 5.72. The quantitative estimate of drug-likeness (QED) is 0.455. The average molecular weight is 362 g/mol. The Balaban J connectivity index is 1.71. The molecule has 0 spiro atoms. The second kappa shape index (κ2) is 11.0. The normalized spacial score (nSPS) is 10.4. The van der Waals surface area contributed by atoms with Gasteiger partial charge in [0.25, 0.3) is 5.91 Å². The smallest absolute Gasteiger partial charge is 0.251 e. The molecule has 24 heavy (non-hydrogen) atoms. The first-order valence-corrected chi connectivity index (χ1v) is 10.6. The molecule has 0 atom stereocenters. The highest BCUT2D eigenvalue weighted by Gasteiger charge is 2.05. The van der Waals surface area contributed by atoms with Gasteiger partial charge in [-0.05, 0) is 49.2 Å². The first kappa shape index (κ1) is 18.7. The van der Waals surface area contributed by atoms with Gasteiger partial charge in [-0.3, -0.25) is 4.79 Å². The Labute approximate surface area is 152 Å². The molecule has 1 N–H and O–H groups in total. The predicted octanol–water partition coefficient (Wildman–Crippen LogP) is 5.39. The number of para-hydroxylation sites is 1. The van der Waals surface area contributed by atoms with Crippen LogP contribution in [-0.2, 0) is 0 Å². The largest absolute Gasteiger partial charge is 0.457 e. The van der Waals surface area contributed by atoms with E-state index in [4.69, 9.17) is 4.74 Å². The molecule has 5 heteroatoms. The van der Waals surface area contributed by atoms with Crippen LogP contribution in [0.2, 0.25) is 0 Å². The molecular formula is C19H23NO2S2. The Morgan fingerprint density at radius 2 is 1.62 bits per heavy atom. The maximum absolute atomic E-state index is 12.1. The van der Waals surface area contributed by atoms with Crippen LogP contribution in [0, 0.1) is 0 Å². The third kappa shape index (κ3) is 6.89. The maximum Gasteiger partial charge on any atom is 0.251 e. The fraction of sp³-hybridized carbons (Fsp3) is 0.316. The zero-order valence-electron chi connectivity index (χ0n) is 13.9. The Morgan fingerprint density at radius 1 is 0.958 bits per heavy atom. The Kier molecular flexibility index (Phi) is 8.63. The van der Waals surface area contributed by atoms with Crippen molar-refractivity contribution in [2.75, 3.05) is 18.1 Å². The molecule has 3 nitrogen and oxygen atoms in total. The number of hydrogen-bond donors (Lipinski definition) is 1. The molecule has 0 heterocycles. The molecule has 0 fully saturated rings. The lowest BCUT2D eigenvalue weighted by Gasteiger charge is -2.07. The standard InChI is InChI=1S/C19H23NO2S2/c1-2-14-23-24-15-6-13-20-19(21)16-9-11-18(12-10-16)22-17-7-4-3-5-8-17/h3-5,7-12H,2,6,13-15H2,1H3,(H,20,21). The SMILES string of the molecule is CCCSSCCCNC(=O)c1ccc(Oc2ccccc2)cc1. The predicted molar refractivity (Wildman–Crippen MR) is 105 cm³/mol. The molecule has 0 bridgehead atoms. The van der Waals surface area contributed by atoms with Gasteiger partial charge in [0.15, 0.2) is 0 Å². The monoisotopic (exact) mass is 361 g/mol. The van der Waals surface area contributed by atoms with E-state index in [2.05, 4.69) is 12.2 Å². The number of carbonyl (C=O) groups is 1.